The molecule has 1 amide bonds. The second-order valence-corrected chi connectivity index (χ2v) is 8.95. The van der Waals surface area contributed by atoms with Gasteiger partial charge in [-0.1, -0.05) is 59.9 Å². The minimum atomic E-state index is 0.0990. The normalized spacial score (nSPS) is 14.0. The Morgan fingerprint density at radius 1 is 0.906 bits per heavy atom. The lowest BCUT2D eigenvalue weighted by Crippen LogP contribution is -2.48. The fraction of sp³-hybridized carbons (Fsp3) is 0.231. The van der Waals surface area contributed by atoms with E-state index in [0.717, 1.165) is 46.2 Å². The molecule has 0 radical (unpaired) electrons. The van der Waals surface area contributed by atoms with Crippen molar-refractivity contribution in [1.82, 2.24) is 9.88 Å². The van der Waals surface area contributed by atoms with Gasteiger partial charge in [-0.3, -0.25) is 4.79 Å². The van der Waals surface area contributed by atoms with Crippen LogP contribution in [0.1, 0.15) is 21.5 Å². The molecular formula is C26H25N3O2S. The lowest BCUT2D eigenvalue weighted by Gasteiger charge is -2.34. The third-order valence-electron chi connectivity index (χ3n) is 5.88. The Morgan fingerprint density at radius 3 is 2.34 bits per heavy atom. The number of carbonyl (C=O) groups is 1. The summed E-state index contributed by atoms with van der Waals surface area (Å²) in [6, 6.07) is 24.4. The summed E-state index contributed by atoms with van der Waals surface area (Å²) in [6.07, 6.45) is 0.876. The van der Waals surface area contributed by atoms with Crippen molar-refractivity contribution < 1.29 is 9.53 Å². The largest absolute Gasteiger partial charge is 0.494 e. The van der Waals surface area contributed by atoms with Crippen LogP contribution in [-0.4, -0.2) is 49.1 Å². The Labute approximate surface area is 191 Å². The van der Waals surface area contributed by atoms with E-state index in [1.165, 1.54) is 11.1 Å². The molecule has 4 aromatic rings. The number of aromatic nitrogens is 1. The number of amides is 1. The van der Waals surface area contributed by atoms with Gasteiger partial charge in [0.1, 0.15) is 11.3 Å². The number of thiazole rings is 1. The van der Waals surface area contributed by atoms with Crippen LogP contribution in [0.4, 0.5) is 5.13 Å². The number of carbonyl (C=O) groups excluding carboxylic acids is 1. The average Bonchev–Trinajstić information content (AvgIpc) is 3.29. The molecule has 162 valence electrons. The number of anilines is 1. The molecular weight excluding hydrogens is 418 g/mol. The van der Waals surface area contributed by atoms with Crippen LogP contribution >= 0.6 is 11.3 Å². The maximum Gasteiger partial charge on any atom is 0.253 e. The smallest absolute Gasteiger partial charge is 0.253 e. The first kappa shape index (κ1) is 20.5. The van der Waals surface area contributed by atoms with Crippen LogP contribution < -0.4 is 9.64 Å². The summed E-state index contributed by atoms with van der Waals surface area (Å²) in [6.45, 7) is 2.94. The highest BCUT2D eigenvalue weighted by atomic mass is 32.1. The van der Waals surface area contributed by atoms with Gasteiger partial charge < -0.3 is 14.5 Å². The van der Waals surface area contributed by atoms with Gasteiger partial charge in [0, 0.05) is 31.7 Å². The highest BCUT2D eigenvalue weighted by molar-refractivity contribution is 7.22. The van der Waals surface area contributed by atoms with Crippen LogP contribution in [0.5, 0.6) is 5.75 Å². The summed E-state index contributed by atoms with van der Waals surface area (Å²) in [4.78, 5) is 22.0. The fourth-order valence-electron chi connectivity index (χ4n) is 4.09. The summed E-state index contributed by atoms with van der Waals surface area (Å²) in [5.74, 6) is 0.899. The van der Waals surface area contributed by atoms with E-state index in [1.54, 1.807) is 18.4 Å². The molecule has 0 unspecified atom stereocenters. The predicted octanol–water partition coefficient (Wildman–Crippen LogP) is 4.86. The van der Waals surface area contributed by atoms with Gasteiger partial charge in [0.05, 0.1) is 11.8 Å². The molecule has 5 rings (SSSR count). The summed E-state index contributed by atoms with van der Waals surface area (Å²) >= 11 is 1.67. The molecule has 6 heteroatoms. The van der Waals surface area contributed by atoms with Crippen molar-refractivity contribution in [1.29, 1.82) is 0 Å². The van der Waals surface area contributed by atoms with E-state index < -0.39 is 0 Å². The molecule has 32 heavy (non-hydrogen) atoms. The van der Waals surface area contributed by atoms with Crippen molar-refractivity contribution in [2.45, 2.75) is 6.42 Å². The van der Waals surface area contributed by atoms with Gasteiger partial charge in [-0.25, -0.2) is 4.98 Å². The van der Waals surface area contributed by atoms with Crippen molar-refractivity contribution in [3.05, 3.63) is 89.5 Å². The lowest BCUT2D eigenvalue weighted by molar-refractivity contribution is 0.0747. The maximum absolute atomic E-state index is 13.0. The molecule has 0 N–H and O–H groups in total. The summed E-state index contributed by atoms with van der Waals surface area (Å²) in [5.41, 5.74) is 4.14. The molecule has 0 saturated carbocycles. The van der Waals surface area contributed by atoms with Crippen LogP contribution in [0.3, 0.4) is 0 Å². The Hall–Kier alpha value is -3.38. The van der Waals surface area contributed by atoms with Crippen molar-refractivity contribution in [3.63, 3.8) is 0 Å². The zero-order chi connectivity index (χ0) is 21.9. The second kappa shape index (κ2) is 9.01. The minimum Gasteiger partial charge on any atom is -0.494 e. The number of benzene rings is 3. The summed E-state index contributed by atoms with van der Waals surface area (Å²) < 4.78 is 6.56. The monoisotopic (exact) mass is 443 g/mol. The standard InChI is InChI=1S/C26H25N3O2S/c1-31-22-8-5-9-23-24(22)27-26(32-23)29-16-14-28(15-17-29)25(30)21-12-10-20(11-13-21)18-19-6-3-2-4-7-19/h2-13H,14-18H2,1H3. The Morgan fingerprint density at radius 2 is 1.62 bits per heavy atom. The van der Waals surface area contributed by atoms with Gasteiger partial charge in [0.2, 0.25) is 0 Å². The molecule has 0 atom stereocenters. The predicted molar refractivity (Wildman–Crippen MR) is 130 cm³/mol. The number of hydrogen-bond acceptors (Lipinski definition) is 5. The maximum atomic E-state index is 13.0. The first-order valence-electron chi connectivity index (χ1n) is 10.8. The lowest BCUT2D eigenvalue weighted by atomic mass is 10.0. The van der Waals surface area contributed by atoms with Crippen LogP contribution in [0, 0.1) is 0 Å². The molecule has 1 fully saturated rings. The highest BCUT2D eigenvalue weighted by Crippen LogP contribution is 2.34. The Balaban J connectivity index is 1.22. The van der Waals surface area contributed by atoms with E-state index in [1.807, 2.05) is 35.2 Å². The minimum absolute atomic E-state index is 0.0990. The van der Waals surface area contributed by atoms with Crippen LogP contribution in [0.2, 0.25) is 0 Å². The summed E-state index contributed by atoms with van der Waals surface area (Å²) in [7, 11) is 1.67. The zero-order valence-electron chi connectivity index (χ0n) is 18.0. The van der Waals surface area contributed by atoms with Gasteiger partial charge in [-0.2, -0.15) is 0 Å². The third kappa shape index (κ3) is 4.18. The number of piperazine rings is 1. The molecule has 3 aromatic carbocycles. The first-order valence-corrected chi connectivity index (χ1v) is 11.6. The Kier molecular flexibility index (Phi) is 5.77. The van der Waals surface area contributed by atoms with Gasteiger partial charge in [-0.15, -0.1) is 0 Å². The molecule has 0 aliphatic carbocycles. The van der Waals surface area contributed by atoms with Gasteiger partial charge in [0.25, 0.3) is 5.91 Å². The molecule has 1 aliphatic rings. The van der Waals surface area contributed by atoms with Gasteiger partial charge in [-0.05, 0) is 41.8 Å². The molecule has 1 aromatic heterocycles. The van der Waals surface area contributed by atoms with E-state index >= 15 is 0 Å². The third-order valence-corrected chi connectivity index (χ3v) is 6.96. The van der Waals surface area contributed by atoms with Crippen LogP contribution in [0.25, 0.3) is 10.2 Å². The number of hydrogen-bond donors (Lipinski definition) is 0. The SMILES string of the molecule is COc1cccc2sc(N3CCN(C(=O)c4ccc(Cc5ccccc5)cc4)CC3)nc12. The van der Waals surface area contributed by atoms with Gasteiger partial charge >= 0.3 is 0 Å². The van der Waals surface area contributed by atoms with Crippen molar-refractivity contribution in [2.24, 2.45) is 0 Å². The quantitative estimate of drug-likeness (QED) is 0.442. The molecule has 0 spiro atoms. The summed E-state index contributed by atoms with van der Waals surface area (Å²) in [5, 5.41) is 0.988. The van der Waals surface area contributed by atoms with E-state index in [4.69, 9.17) is 9.72 Å². The number of para-hydroxylation sites is 1. The molecule has 5 nitrogen and oxygen atoms in total. The molecule has 0 bridgehead atoms. The van der Waals surface area contributed by atoms with E-state index in [2.05, 4.69) is 47.4 Å². The second-order valence-electron chi connectivity index (χ2n) is 7.94. The van der Waals surface area contributed by atoms with E-state index in [9.17, 15) is 4.79 Å². The zero-order valence-corrected chi connectivity index (χ0v) is 18.8. The average molecular weight is 444 g/mol. The van der Waals surface area contributed by atoms with Crippen molar-refractivity contribution in [3.8, 4) is 5.75 Å². The fourth-order valence-corrected chi connectivity index (χ4v) is 5.13. The van der Waals surface area contributed by atoms with Gasteiger partial charge in [0.15, 0.2) is 5.13 Å². The topological polar surface area (TPSA) is 45.7 Å². The van der Waals surface area contributed by atoms with Crippen molar-refractivity contribution >= 4 is 32.6 Å². The highest BCUT2D eigenvalue weighted by Gasteiger charge is 2.24. The first-order chi connectivity index (χ1) is 15.7. The van der Waals surface area contributed by atoms with Crippen LogP contribution in [0.15, 0.2) is 72.8 Å². The molecule has 1 saturated heterocycles. The number of ether oxygens (including phenoxy) is 1. The number of methoxy groups -OCH3 is 1. The number of fused-ring (bicyclic) bond motifs is 1. The van der Waals surface area contributed by atoms with Crippen LogP contribution in [-0.2, 0) is 6.42 Å². The van der Waals surface area contributed by atoms with Crippen molar-refractivity contribution in [2.75, 3.05) is 38.2 Å². The Bertz CT molecular complexity index is 1210. The number of nitrogens with zero attached hydrogens (tertiary/aromatic N) is 3. The van der Waals surface area contributed by atoms with E-state index in [0.29, 0.717) is 13.1 Å². The molecule has 1 aliphatic heterocycles. The number of rotatable bonds is 5. The molecule has 2 heterocycles. The van der Waals surface area contributed by atoms with E-state index in [-0.39, 0.29) is 5.91 Å².